The van der Waals surface area contributed by atoms with E-state index in [1.807, 2.05) is 36.7 Å². The van der Waals surface area contributed by atoms with Gasteiger partial charge in [-0.1, -0.05) is 350 Å². The van der Waals surface area contributed by atoms with Gasteiger partial charge in [0.25, 0.3) is 0 Å². The molecule has 0 radical (unpaired) electrons. The third-order valence-electron chi connectivity index (χ3n) is 21.0. The molecule has 0 atom stereocenters. The van der Waals surface area contributed by atoms with Gasteiger partial charge in [-0.05, 0) is 137 Å². The van der Waals surface area contributed by atoms with E-state index in [-0.39, 0.29) is 0 Å². The summed E-state index contributed by atoms with van der Waals surface area (Å²) in [7, 11) is 0. The van der Waals surface area contributed by atoms with Crippen molar-refractivity contribution in [3.63, 3.8) is 0 Å². The van der Waals surface area contributed by atoms with Crippen molar-refractivity contribution >= 4 is 80.9 Å². The largest absolute Gasteiger partial charge is 0.493 e. The molecule has 0 saturated heterocycles. The van der Waals surface area contributed by atoms with Gasteiger partial charge < -0.3 is 28.4 Å². The molecule has 9 rings (SSSR count). The predicted octanol–water partition coefficient (Wildman–Crippen LogP) is 30.2. The minimum absolute atomic E-state index is 0.610. The maximum Gasteiger partial charge on any atom is 0.127 e. The van der Waals surface area contributed by atoms with Crippen molar-refractivity contribution < 1.29 is 28.4 Å². The van der Waals surface area contributed by atoms with Crippen LogP contribution in [0.25, 0.3) is 92.3 Å². The molecular weight excluding hydrogens is 1330 g/mol. The van der Waals surface area contributed by atoms with Crippen molar-refractivity contribution in [2.75, 3.05) is 39.6 Å². The molecule has 2 aromatic heterocycles. The second kappa shape index (κ2) is 49.6. The van der Waals surface area contributed by atoms with E-state index >= 15 is 0 Å². The topological polar surface area (TPSA) is 81.2 Å². The summed E-state index contributed by atoms with van der Waals surface area (Å²) in [5, 5.41) is 7.69. The summed E-state index contributed by atoms with van der Waals surface area (Å²) in [6.45, 7) is 17.4. The lowest BCUT2D eigenvalue weighted by atomic mass is 9.92. The molecule has 0 aliphatic rings. The second-order valence-corrected chi connectivity index (χ2v) is 30.0. The van der Waals surface area contributed by atoms with Crippen LogP contribution in [-0.2, 0) is 0 Å². The first-order valence-corrected chi connectivity index (χ1v) is 43.0. The van der Waals surface area contributed by atoms with Crippen LogP contribution in [0.1, 0.15) is 317 Å². The minimum Gasteiger partial charge on any atom is -0.493 e. The molecule has 0 fully saturated rings. The van der Waals surface area contributed by atoms with Crippen molar-refractivity contribution in [1.29, 1.82) is 0 Å². The Morgan fingerprint density at radius 3 is 0.861 bits per heavy atom. The number of ether oxygens (including phenoxy) is 6. The third-order valence-corrected chi connectivity index (χ3v) is 21.0. The van der Waals surface area contributed by atoms with Gasteiger partial charge in [0.1, 0.15) is 34.5 Å². The van der Waals surface area contributed by atoms with E-state index in [0.29, 0.717) is 39.6 Å². The van der Waals surface area contributed by atoms with E-state index in [9.17, 15) is 0 Å². The van der Waals surface area contributed by atoms with Crippen LogP contribution in [0.3, 0.4) is 0 Å². The quantitative estimate of drug-likeness (QED) is 0.0212. The predicted molar refractivity (Wildman–Crippen MR) is 466 cm³/mol. The summed E-state index contributed by atoms with van der Waals surface area (Å²) in [4.78, 5) is 9.36. The molecule has 2 heterocycles. The zero-order chi connectivity index (χ0) is 75.3. The van der Waals surface area contributed by atoms with Crippen LogP contribution in [0.5, 0.6) is 34.5 Å². The maximum atomic E-state index is 7.07. The smallest absolute Gasteiger partial charge is 0.127 e. The SMILES string of the molecule is CCCCCCCCOc1cc(/C=C/c2cc(OCCCCCCCC)c(/C=C/c3cc(OCCCCCCCC)c(/C=C/c4ccc5ccc6cccc7ccc4c5c67)cc3OCCCCCCCC)cc2OCCCCCCCC)c(OCCCCCCCC)cc1/C=C/c1ccc(-c2ccccn2)nc1. The van der Waals surface area contributed by atoms with Crippen LogP contribution in [0, 0.1) is 0 Å². The Balaban J connectivity index is 1.13. The Hall–Kier alpha value is -8.36. The van der Waals surface area contributed by atoms with E-state index in [0.717, 1.165) is 162 Å². The summed E-state index contributed by atoms with van der Waals surface area (Å²) >= 11 is 0. The molecule has 0 spiro atoms. The normalized spacial score (nSPS) is 11.9. The first-order valence-electron chi connectivity index (χ1n) is 43.0. The highest BCUT2D eigenvalue weighted by Gasteiger charge is 2.18. The lowest BCUT2D eigenvalue weighted by molar-refractivity contribution is 0.295. The molecule has 0 bridgehead atoms. The average molecular weight is 1460 g/mol. The highest BCUT2D eigenvalue weighted by Crippen LogP contribution is 2.41. The first-order chi connectivity index (χ1) is 53.4. The van der Waals surface area contributed by atoms with Crippen LogP contribution in [0.2, 0.25) is 0 Å². The highest BCUT2D eigenvalue weighted by molar-refractivity contribution is 6.24. The number of hydrogen-bond acceptors (Lipinski definition) is 8. The van der Waals surface area contributed by atoms with Gasteiger partial charge in [-0.2, -0.15) is 0 Å². The Morgan fingerprint density at radius 2 is 0.537 bits per heavy atom. The minimum atomic E-state index is 0.610. The lowest BCUT2D eigenvalue weighted by Crippen LogP contribution is -2.04. The number of unbranched alkanes of at least 4 members (excludes halogenated alkanes) is 30. The molecule has 578 valence electrons. The van der Waals surface area contributed by atoms with E-state index in [2.05, 4.69) is 192 Å². The van der Waals surface area contributed by atoms with Crippen LogP contribution in [0.4, 0.5) is 0 Å². The van der Waals surface area contributed by atoms with E-state index in [4.69, 9.17) is 33.4 Å². The molecule has 0 unspecified atom stereocenters. The average Bonchev–Trinajstić information content (AvgIpc) is 0.741. The third kappa shape index (κ3) is 27.9. The van der Waals surface area contributed by atoms with Crippen molar-refractivity contribution in [2.24, 2.45) is 0 Å². The van der Waals surface area contributed by atoms with E-state index in [1.165, 1.54) is 192 Å². The molecule has 9 aromatic rings. The Bertz CT molecular complexity index is 4090. The Labute approximate surface area is 652 Å². The summed E-state index contributed by atoms with van der Waals surface area (Å²) in [6.07, 6.45) is 63.9. The maximum absolute atomic E-state index is 7.07. The van der Waals surface area contributed by atoms with Gasteiger partial charge in [-0.3, -0.25) is 9.97 Å². The van der Waals surface area contributed by atoms with Crippen molar-refractivity contribution in [2.45, 2.75) is 273 Å². The number of hydrogen-bond donors (Lipinski definition) is 0. The fourth-order valence-corrected chi connectivity index (χ4v) is 14.5. The summed E-state index contributed by atoms with van der Waals surface area (Å²) in [5.74, 6) is 4.98. The fourth-order valence-electron chi connectivity index (χ4n) is 14.5. The zero-order valence-corrected chi connectivity index (χ0v) is 67.4. The van der Waals surface area contributed by atoms with Gasteiger partial charge in [0.2, 0.25) is 0 Å². The van der Waals surface area contributed by atoms with E-state index < -0.39 is 0 Å². The van der Waals surface area contributed by atoms with Crippen molar-refractivity contribution in [3.8, 4) is 45.9 Å². The summed E-state index contributed by atoms with van der Waals surface area (Å²) in [6, 6.07) is 43.7. The van der Waals surface area contributed by atoms with Gasteiger partial charge in [-0.15, -0.1) is 0 Å². The molecule has 0 aliphatic heterocycles. The molecule has 0 saturated carbocycles. The van der Waals surface area contributed by atoms with Crippen LogP contribution in [-0.4, -0.2) is 49.6 Å². The number of pyridine rings is 2. The molecule has 0 amide bonds. The number of aromatic nitrogens is 2. The standard InChI is InChI=1S/C100H132N2O6/c1-7-13-19-25-31-39-66-103-93-74-86(94(104-67-40-32-26-20-14-8-2)72-84(93)51-49-79-50-64-92(102-78-79)91-48-37-38-65-101-91)58-59-88-76-98(108-71-44-36-30-24-18-12-6)89(77-97(88)107-70-43-35-29-23-17-11-5)61-60-87-75-95(105-68-41-33-27-21-15-9-3)85(73-96(87)106-69-42-34-28-22-16-10-4)57-53-80-52-54-83-56-55-81-46-45-47-82-62-63-90(80)100(83)99(81)82/h37-38,45-65,72-78H,7-36,39-44,66-71H2,1-6H3/b51-49+,57-53+,59-58+,61-60+. The fraction of sp³-hybridized carbons (Fsp3) is 0.480. The Morgan fingerprint density at radius 1 is 0.241 bits per heavy atom. The van der Waals surface area contributed by atoms with Crippen molar-refractivity contribution in [1.82, 2.24) is 9.97 Å². The molecule has 108 heavy (non-hydrogen) atoms. The van der Waals surface area contributed by atoms with Gasteiger partial charge in [0.05, 0.1) is 51.0 Å². The number of benzene rings is 7. The summed E-state index contributed by atoms with van der Waals surface area (Å²) < 4.78 is 41.9. The highest BCUT2D eigenvalue weighted by atomic mass is 16.5. The second-order valence-electron chi connectivity index (χ2n) is 30.0. The summed E-state index contributed by atoms with van der Waals surface area (Å²) in [5.41, 5.74) is 9.66. The van der Waals surface area contributed by atoms with E-state index in [1.54, 1.807) is 0 Å². The van der Waals surface area contributed by atoms with Crippen molar-refractivity contribution in [3.05, 3.63) is 178 Å². The number of rotatable bonds is 57. The van der Waals surface area contributed by atoms with Crippen LogP contribution < -0.4 is 28.4 Å². The van der Waals surface area contributed by atoms with Gasteiger partial charge >= 0.3 is 0 Å². The van der Waals surface area contributed by atoms with Gasteiger partial charge in [0.15, 0.2) is 0 Å². The lowest BCUT2D eigenvalue weighted by Gasteiger charge is -2.17. The van der Waals surface area contributed by atoms with Gasteiger partial charge in [0, 0.05) is 45.8 Å². The van der Waals surface area contributed by atoms with Gasteiger partial charge in [-0.25, -0.2) is 0 Å². The molecule has 8 nitrogen and oxygen atoms in total. The molecule has 0 aliphatic carbocycles. The first kappa shape index (κ1) is 83.7. The van der Waals surface area contributed by atoms with Crippen LogP contribution >= 0.6 is 0 Å². The Kier molecular flexibility index (Phi) is 38.5. The van der Waals surface area contributed by atoms with Crippen LogP contribution in [0.15, 0.2) is 134 Å². The number of nitrogens with zero attached hydrogens (tertiary/aromatic N) is 2. The molecule has 0 N–H and O–H groups in total. The monoisotopic (exact) mass is 1460 g/mol. The molecular formula is C100H132N2O6. The molecule has 7 aromatic carbocycles. The zero-order valence-electron chi connectivity index (χ0n) is 67.4. The molecule has 8 heteroatoms.